The van der Waals surface area contributed by atoms with Gasteiger partial charge in [0.1, 0.15) is 0 Å². The van der Waals surface area contributed by atoms with E-state index in [1.807, 2.05) is 0 Å². The summed E-state index contributed by atoms with van der Waals surface area (Å²) in [5.74, 6) is 1.27. The van der Waals surface area contributed by atoms with Crippen LogP contribution in [0.5, 0.6) is 0 Å². The summed E-state index contributed by atoms with van der Waals surface area (Å²) in [5.41, 5.74) is 0. The highest BCUT2D eigenvalue weighted by Crippen LogP contribution is 2.13. The largest absolute Gasteiger partial charge is 0.441 e. The number of rotatable bonds is 3. The van der Waals surface area contributed by atoms with Gasteiger partial charge in [0.25, 0.3) is 8.05 Å². The lowest BCUT2D eigenvalue weighted by atomic mass is 9.96. The van der Waals surface area contributed by atoms with Gasteiger partial charge in [-0.2, -0.15) is 0 Å². The highest BCUT2D eigenvalue weighted by molar-refractivity contribution is 5.98. The summed E-state index contributed by atoms with van der Waals surface area (Å²) < 4.78 is 5.27. The molecule has 0 heterocycles. The Morgan fingerprint density at radius 2 is 1.33 bits per heavy atom. The van der Waals surface area contributed by atoms with Gasteiger partial charge in [-0.1, -0.05) is 27.7 Å². The molecule has 0 saturated heterocycles. The first-order valence-electron chi connectivity index (χ1n) is 3.62. The van der Waals surface area contributed by atoms with Crippen molar-refractivity contribution in [3.05, 3.63) is 0 Å². The summed E-state index contributed by atoms with van der Waals surface area (Å²) in [6.07, 6.45) is 0.421. The first kappa shape index (κ1) is 9.02. The molecule has 0 aliphatic heterocycles. The van der Waals surface area contributed by atoms with Crippen LogP contribution in [-0.4, -0.2) is 14.2 Å². The maximum Gasteiger partial charge on any atom is 0.257 e. The van der Waals surface area contributed by atoms with Crippen molar-refractivity contribution in [3.63, 3.8) is 0 Å². The fourth-order valence-corrected chi connectivity index (χ4v) is 1.31. The average molecular weight is 128 g/mol. The molecule has 0 aromatic carbocycles. The molecular weight excluding hydrogens is 111 g/mol. The Morgan fingerprint density at radius 3 is 1.33 bits per heavy atom. The molecule has 0 aliphatic rings. The lowest BCUT2D eigenvalue weighted by molar-refractivity contribution is 0.117. The number of hydrogen-bond donors (Lipinski definition) is 0. The van der Waals surface area contributed by atoms with Crippen LogP contribution < -0.4 is 0 Å². The summed E-state index contributed by atoms with van der Waals surface area (Å²) in [6, 6.07) is 0. The SMILES string of the molecule is BOC(C(C)C)C(C)C. The molecule has 0 fully saturated rings. The summed E-state index contributed by atoms with van der Waals surface area (Å²) in [6.45, 7) is 8.75. The quantitative estimate of drug-likeness (QED) is 0.519. The van der Waals surface area contributed by atoms with Crippen LogP contribution in [0.2, 0.25) is 0 Å². The van der Waals surface area contributed by atoms with Gasteiger partial charge in [-0.05, 0) is 11.8 Å². The van der Waals surface area contributed by atoms with Gasteiger partial charge < -0.3 is 4.65 Å². The molecule has 0 amide bonds. The minimum absolute atomic E-state index is 0.421. The second kappa shape index (κ2) is 3.94. The molecule has 9 heavy (non-hydrogen) atoms. The smallest absolute Gasteiger partial charge is 0.257 e. The van der Waals surface area contributed by atoms with Crippen molar-refractivity contribution in [2.24, 2.45) is 11.8 Å². The highest BCUT2D eigenvalue weighted by atomic mass is 16.4. The average Bonchev–Trinajstić information content (AvgIpc) is 1.64. The maximum absolute atomic E-state index is 5.27. The van der Waals surface area contributed by atoms with Crippen molar-refractivity contribution in [1.82, 2.24) is 0 Å². The summed E-state index contributed by atoms with van der Waals surface area (Å²) >= 11 is 0. The molecule has 0 aliphatic carbocycles. The van der Waals surface area contributed by atoms with Crippen LogP contribution in [0.1, 0.15) is 27.7 Å². The van der Waals surface area contributed by atoms with Crippen molar-refractivity contribution in [2.75, 3.05) is 0 Å². The molecule has 0 spiro atoms. The first-order chi connectivity index (χ1) is 4.09. The third-order valence-corrected chi connectivity index (χ3v) is 1.59. The zero-order chi connectivity index (χ0) is 7.44. The normalized spacial score (nSPS) is 11.9. The minimum atomic E-state index is 0.421. The van der Waals surface area contributed by atoms with Crippen molar-refractivity contribution >= 4 is 8.05 Å². The Labute approximate surface area is 59.2 Å². The zero-order valence-corrected chi connectivity index (χ0v) is 7.14. The summed E-state index contributed by atoms with van der Waals surface area (Å²) in [5, 5.41) is 0. The second-order valence-corrected chi connectivity index (χ2v) is 3.19. The van der Waals surface area contributed by atoms with Gasteiger partial charge >= 0.3 is 0 Å². The first-order valence-corrected chi connectivity index (χ1v) is 3.62. The monoisotopic (exact) mass is 128 g/mol. The Hall–Kier alpha value is 0.0249. The van der Waals surface area contributed by atoms with Gasteiger partial charge in [-0.25, -0.2) is 0 Å². The van der Waals surface area contributed by atoms with E-state index >= 15 is 0 Å². The third-order valence-electron chi connectivity index (χ3n) is 1.59. The van der Waals surface area contributed by atoms with E-state index in [-0.39, 0.29) is 0 Å². The van der Waals surface area contributed by atoms with Crippen molar-refractivity contribution < 1.29 is 4.65 Å². The molecule has 54 valence electrons. The van der Waals surface area contributed by atoms with Crippen molar-refractivity contribution in [2.45, 2.75) is 33.8 Å². The molecule has 0 N–H and O–H groups in total. The van der Waals surface area contributed by atoms with E-state index in [2.05, 4.69) is 27.7 Å². The van der Waals surface area contributed by atoms with E-state index in [0.717, 1.165) is 0 Å². The molecule has 0 aromatic heterocycles. The van der Waals surface area contributed by atoms with E-state index < -0.39 is 0 Å². The van der Waals surface area contributed by atoms with Crippen LogP contribution in [0.25, 0.3) is 0 Å². The van der Waals surface area contributed by atoms with Crippen molar-refractivity contribution in [1.29, 1.82) is 0 Å². The zero-order valence-electron chi connectivity index (χ0n) is 7.14. The van der Waals surface area contributed by atoms with Gasteiger partial charge in [-0.15, -0.1) is 0 Å². The molecule has 2 heteroatoms. The van der Waals surface area contributed by atoms with E-state index in [0.29, 0.717) is 17.9 Å². The van der Waals surface area contributed by atoms with Gasteiger partial charge in [0.05, 0.1) is 0 Å². The summed E-state index contributed by atoms with van der Waals surface area (Å²) in [7, 11) is 1.78. The lowest BCUT2D eigenvalue weighted by Gasteiger charge is -2.23. The maximum atomic E-state index is 5.27. The fraction of sp³-hybridized carbons (Fsp3) is 1.00. The molecule has 0 bridgehead atoms. The molecule has 0 radical (unpaired) electrons. The molecule has 0 atom stereocenters. The third kappa shape index (κ3) is 2.90. The molecule has 0 rings (SSSR count). The van der Waals surface area contributed by atoms with E-state index in [9.17, 15) is 0 Å². The lowest BCUT2D eigenvalue weighted by Crippen LogP contribution is -2.24. The molecule has 1 nitrogen and oxygen atoms in total. The predicted molar refractivity (Wildman–Crippen MR) is 43.1 cm³/mol. The van der Waals surface area contributed by atoms with Gasteiger partial charge in [0, 0.05) is 6.10 Å². The Kier molecular flexibility index (Phi) is 3.95. The van der Waals surface area contributed by atoms with Crippen LogP contribution in [0.15, 0.2) is 0 Å². The molecule has 0 saturated carbocycles. The van der Waals surface area contributed by atoms with Crippen LogP contribution in [0, 0.1) is 11.8 Å². The Morgan fingerprint density at radius 1 is 1.00 bits per heavy atom. The number of hydrogen-bond acceptors (Lipinski definition) is 1. The van der Waals surface area contributed by atoms with Crippen LogP contribution in [0.4, 0.5) is 0 Å². The Bertz CT molecular complexity index is 63.3. The predicted octanol–water partition coefficient (Wildman–Crippen LogP) is 1.23. The van der Waals surface area contributed by atoms with E-state index in [1.54, 1.807) is 8.05 Å². The van der Waals surface area contributed by atoms with Crippen LogP contribution in [-0.2, 0) is 4.65 Å². The molecular formula is C7H17BO. The van der Waals surface area contributed by atoms with Gasteiger partial charge in [0.2, 0.25) is 0 Å². The fourth-order valence-electron chi connectivity index (χ4n) is 1.31. The van der Waals surface area contributed by atoms with Crippen LogP contribution in [0.3, 0.4) is 0 Å². The van der Waals surface area contributed by atoms with Gasteiger partial charge in [0.15, 0.2) is 0 Å². The van der Waals surface area contributed by atoms with Gasteiger partial charge in [-0.3, -0.25) is 0 Å². The van der Waals surface area contributed by atoms with E-state index in [1.165, 1.54) is 0 Å². The Balaban J connectivity index is 3.68. The summed E-state index contributed by atoms with van der Waals surface area (Å²) in [4.78, 5) is 0. The topological polar surface area (TPSA) is 9.23 Å². The minimum Gasteiger partial charge on any atom is -0.441 e. The second-order valence-electron chi connectivity index (χ2n) is 3.19. The van der Waals surface area contributed by atoms with E-state index in [4.69, 9.17) is 4.65 Å². The van der Waals surface area contributed by atoms with Crippen LogP contribution >= 0.6 is 0 Å². The highest BCUT2D eigenvalue weighted by Gasteiger charge is 2.14. The standard InChI is InChI=1S/C7H17BO/c1-5(2)7(9-8)6(3)4/h5-7H,8H2,1-4H3. The molecule has 0 unspecified atom stereocenters. The molecule has 0 aromatic rings. The van der Waals surface area contributed by atoms with Crippen molar-refractivity contribution in [3.8, 4) is 0 Å².